The molecule has 0 amide bonds. The van der Waals surface area contributed by atoms with Gasteiger partial charge in [0.05, 0.1) is 11.2 Å². The van der Waals surface area contributed by atoms with Crippen molar-refractivity contribution in [2.45, 2.75) is 38.3 Å². The predicted octanol–water partition coefficient (Wildman–Crippen LogP) is 5.13. The molecule has 2 atom stereocenters. The van der Waals surface area contributed by atoms with Gasteiger partial charge < -0.3 is 10.5 Å². The Balaban J connectivity index is 1.63. The average molecular weight is 531 g/mol. The van der Waals surface area contributed by atoms with Crippen molar-refractivity contribution in [2.75, 3.05) is 6.26 Å². The van der Waals surface area contributed by atoms with Crippen molar-refractivity contribution in [3.8, 4) is 16.9 Å². The van der Waals surface area contributed by atoms with E-state index in [1.807, 2.05) is 30.3 Å². The zero-order chi connectivity index (χ0) is 25.9. The van der Waals surface area contributed by atoms with Crippen LogP contribution in [-0.2, 0) is 23.1 Å². The molecule has 0 saturated heterocycles. The number of para-hydroxylation sites is 1. The van der Waals surface area contributed by atoms with Gasteiger partial charge in [-0.05, 0) is 55.0 Å². The van der Waals surface area contributed by atoms with Gasteiger partial charge in [0.2, 0.25) is 10.0 Å². The summed E-state index contributed by atoms with van der Waals surface area (Å²) in [7, 11) is -3.37. The van der Waals surface area contributed by atoms with Crippen LogP contribution in [0.3, 0.4) is 0 Å². The summed E-state index contributed by atoms with van der Waals surface area (Å²) in [4.78, 5) is 0.295. The molecule has 3 N–H and O–H groups in total. The van der Waals surface area contributed by atoms with Gasteiger partial charge in [-0.25, -0.2) is 21.9 Å². The number of thiocarbonyl (C=S) groups is 1. The van der Waals surface area contributed by atoms with E-state index in [4.69, 9.17) is 22.7 Å². The van der Waals surface area contributed by atoms with E-state index in [0.717, 1.165) is 17.4 Å². The molecule has 36 heavy (non-hydrogen) atoms. The zero-order valence-corrected chi connectivity index (χ0v) is 21.5. The second-order valence-electron chi connectivity index (χ2n) is 9.36. The van der Waals surface area contributed by atoms with Crippen molar-refractivity contribution in [3.05, 3.63) is 89.5 Å². The van der Waals surface area contributed by atoms with Crippen molar-refractivity contribution >= 4 is 27.2 Å². The lowest BCUT2D eigenvalue weighted by molar-refractivity contribution is 0.291. The van der Waals surface area contributed by atoms with Crippen molar-refractivity contribution < 1.29 is 21.9 Å². The highest BCUT2D eigenvalue weighted by Gasteiger charge is 2.42. The number of ether oxygens (including phenoxy) is 1. The third-order valence-electron chi connectivity index (χ3n) is 6.57. The van der Waals surface area contributed by atoms with E-state index in [-0.39, 0.29) is 24.0 Å². The normalized spacial score (nSPS) is 19.8. The van der Waals surface area contributed by atoms with E-state index in [1.54, 1.807) is 18.2 Å². The van der Waals surface area contributed by atoms with Crippen LogP contribution >= 0.6 is 12.2 Å². The van der Waals surface area contributed by atoms with Crippen molar-refractivity contribution in [3.63, 3.8) is 0 Å². The Hall–Kier alpha value is -2.88. The Morgan fingerprint density at radius 2 is 1.81 bits per heavy atom. The first-order valence-electron chi connectivity index (χ1n) is 11.6. The summed E-state index contributed by atoms with van der Waals surface area (Å²) in [6, 6.07) is 18.1. The fourth-order valence-corrected chi connectivity index (χ4v) is 5.94. The molecule has 0 heterocycles. The van der Waals surface area contributed by atoms with Gasteiger partial charge in [-0.1, -0.05) is 60.7 Å². The molecule has 3 aromatic carbocycles. The summed E-state index contributed by atoms with van der Waals surface area (Å²) >= 11 is 5.39. The van der Waals surface area contributed by atoms with E-state index in [1.165, 1.54) is 18.2 Å². The predicted molar refractivity (Wildman–Crippen MR) is 141 cm³/mol. The molecule has 3 aromatic rings. The second-order valence-corrected chi connectivity index (χ2v) is 11.6. The third kappa shape index (κ3) is 6.08. The first kappa shape index (κ1) is 26.2. The second kappa shape index (κ2) is 10.6. The fourth-order valence-electron chi connectivity index (χ4n) is 4.88. The lowest BCUT2D eigenvalue weighted by Gasteiger charge is -2.29. The SMILES string of the molecule is CS(=O)(=O)N[C@H]1CC[C@](Cc2ccc(F)c(-c3cccc(F)c3OCc3ccccc3)c2)(C(N)=S)C1. The number of benzene rings is 3. The van der Waals surface area contributed by atoms with Crippen LogP contribution < -0.4 is 15.2 Å². The largest absolute Gasteiger partial charge is 0.485 e. The van der Waals surface area contributed by atoms with E-state index in [9.17, 15) is 12.8 Å². The molecule has 0 bridgehead atoms. The molecule has 0 aromatic heterocycles. The Bertz CT molecular complexity index is 1370. The summed E-state index contributed by atoms with van der Waals surface area (Å²) in [5.41, 5.74) is 7.65. The Labute approximate surface area is 215 Å². The highest BCUT2D eigenvalue weighted by molar-refractivity contribution is 7.88. The lowest BCUT2D eigenvalue weighted by Crippen LogP contribution is -2.39. The number of nitrogens with two attached hydrogens (primary N) is 1. The van der Waals surface area contributed by atoms with Gasteiger partial charge in [0.15, 0.2) is 11.6 Å². The molecule has 190 valence electrons. The molecular weight excluding hydrogens is 502 g/mol. The maximum atomic E-state index is 15.0. The summed E-state index contributed by atoms with van der Waals surface area (Å²) in [5.74, 6) is -1.13. The summed E-state index contributed by atoms with van der Waals surface area (Å²) in [6.45, 7) is 0.134. The molecule has 1 fully saturated rings. The number of halogens is 2. The average Bonchev–Trinajstić information content (AvgIpc) is 3.22. The van der Waals surface area contributed by atoms with Crippen molar-refractivity contribution in [2.24, 2.45) is 11.1 Å². The van der Waals surface area contributed by atoms with E-state index in [2.05, 4.69) is 4.72 Å². The molecule has 5 nitrogen and oxygen atoms in total. The van der Waals surface area contributed by atoms with Crippen molar-refractivity contribution in [1.29, 1.82) is 0 Å². The first-order valence-corrected chi connectivity index (χ1v) is 13.9. The Morgan fingerprint density at radius 1 is 1.06 bits per heavy atom. The standard InChI is InChI=1S/C27H28F2N2O3S2/c1-36(32,33)31-20-12-13-27(16-20,26(30)35)15-19-10-11-23(28)22(14-19)21-8-5-9-24(29)25(21)34-17-18-6-3-2-4-7-18/h2-11,14,20,31H,12-13,15-17H2,1H3,(H2,30,35)/t20-,27+/m0/s1. The van der Waals surface area contributed by atoms with Crippen LogP contribution in [0.15, 0.2) is 66.7 Å². The maximum Gasteiger partial charge on any atom is 0.208 e. The topological polar surface area (TPSA) is 81.4 Å². The van der Waals surface area contributed by atoms with Crippen LogP contribution in [0.4, 0.5) is 8.78 Å². The minimum absolute atomic E-state index is 0.0280. The van der Waals surface area contributed by atoms with Crippen LogP contribution in [0.1, 0.15) is 30.4 Å². The highest BCUT2D eigenvalue weighted by Crippen LogP contribution is 2.43. The molecule has 0 radical (unpaired) electrons. The monoisotopic (exact) mass is 530 g/mol. The van der Waals surface area contributed by atoms with Gasteiger partial charge in [-0.15, -0.1) is 0 Å². The van der Waals surface area contributed by atoms with Crippen LogP contribution in [0.5, 0.6) is 5.75 Å². The maximum absolute atomic E-state index is 15.0. The smallest absolute Gasteiger partial charge is 0.208 e. The quantitative estimate of drug-likeness (QED) is 0.375. The van der Waals surface area contributed by atoms with Crippen molar-refractivity contribution in [1.82, 2.24) is 4.72 Å². The van der Waals surface area contributed by atoms with Crippen LogP contribution in [0.25, 0.3) is 11.1 Å². The molecule has 1 aliphatic carbocycles. The van der Waals surface area contributed by atoms with Gasteiger partial charge in [0.1, 0.15) is 12.4 Å². The minimum atomic E-state index is -3.37. The Kier molecular flexibility index (Phi) is 7.73. The molecule has 0 unspecified atom stereocenters. The zero-order valence-electron chi connectivity index (χ0n) is 19.8. The molecule has 0 aliphatic heterocycles. The summed E-state index contributed by atoms with van der Waals surface area (Å²) in [5, 5.41) is 0. The van der Waals surface area contributed by atoms with Gasteiger partial charge in [-0.3, -0.25) is 0 Å². The minimum Gasteiger partial charge on any atom is -0.485 e. The van der Waals surface area contributed by atoms with E-state index in [0.29, 0.717) is 36.2 Å². The number of nitrogens with one attached hydrogen (secondary N) is 1. The number of hydrogen-bond acceptors (Lipinski definition) is 4. The first-order chi connectivity index (χ1) is 17.1. The van der Waals surface area contributed by atoms with Gasteiger partial charge in [0, 0.05) is 22.6 Å². The highest BCUT2D eigenvalue weighted by atomic mass is 32.2. The van der Waals surface area contributed by atoms with Gasteiger partial charge in [-0.2, -0.15) is 0 Å². The number of sulfonamides is 1. The summed E-state index contributed by atoms with van der Waals surface area (Å²) in [6.07, 6.45) is 3.19. The fraction of sp³-hybridized carbons (Fsp3) is 0.296. The molecule has 4 rings (SSSR count). The van der Waals surface area contributed by atoms with Crippen LogP contribution in [0.2, 0.25) is 0 Å². The molecular formula is C27H28F2N2O3S2. The molecule has 1 aliphatic rings. The van der Waals surface area contributed by atoms with Gasteiger partial charge in [0.25, 0.3) is 0 Å². The van der Waals surface area contributed by atoms with E-state index < -0.39 is 27.1 Å². The number of rotatable bonds is 9. The lowest BCUT2D eigenvalue weighted by atomic mass is 9.79. The van der Waals surface area contributed by atoms with Crippen LogP contribution in [0, 0.1) is 17.0 Å². The summed E-state index contributed by atoms with van der Waals surface area (Å²) < 4.78 is 61.7. The third-order valence-corrected chi connectivity index (χ3v) is 7.76. The number of hydrogen-bond donors (Lipinski definition) is 2. The Morgan fingerprint density at radius 3 is 2.50 bits per heavy atom. The van der Waals surface area contributed by atoms with Gasteiger partial charge >= 0.3 is 0 Å². The molecule has 0 spiro atoms. The van der Waals surface area contributed by atoms with Crippen LogP contribution in [-0.4, -0.2) is 25.7 Å². The molecule has 1 saturated carbocycles. The molecule has 9 heteroatoms. The van der Waals surface area contributed by atoms with E-state index >= 15 is 4.39 Å².